The molecule has 0 saturated carbocycles. The van der Waals surface area contributed by atoms with Crippen LogP contribution in [0.1, 0.15) is 52.4 Å². The van der Waals surface area contributed by atoms with E-state index in [-0.39, 0.29) is 0 Å². The second-order valence-electron chi connectivity index (χ2n) is 9.21. The van der Waals surface area contributed by atoms with Gasteiger partial charge in [-0.2, -0.15) is 0 Å². The Bertz CT molecular complexity index is 531. The van der Waals surface area contributed by atoms with Crippen LogP contribution in [-0.4, -0.2) is 29.7 Å². The van der Waals surface area contributed by atoms with E-state index >= 15 is 0 Å². The van der Waals surface area contributed by atoms with Crippen LogP contribution in [0, 0.1) is 5.92 Å². The summed E-state index contributed by atoms with van der Waals surface area (Å²) in [7, 11) is 0. The standard InChI is InChI=1S/C17H25BN.3CH3.Sn/c1-14(2)17(13-19-11-3-4-12-19)18-15-7-5-8-16(18)10-6-9-15;;;;/h3-4,11-12,14-16H,5-10H2,1-2H3;3*1H3;. The molecule has 3 heteroatoms. The van der Waals surface area contributed by atoms with Gasteiger partial charge in [0.15, 0.2) is 0 Å². The van der Waals surface area contributed by atoms with E-state index in [0.29, 0.717) is 5.92 Å². The molecule has 23 heavy (non-hydrogen) atoms. The Balaban J connectivity index is 2.15. The molecule has 0 spiro atoms. The second-order valence-corrected chi connectivity index (χ2v) is 23.4. The number of allylic oxidation sites excluding steroid dienone is 1. The summed E-state index contributed by atoms with van der Waals surface area (Å²) in [4.78, 5) is 7.81. The van der Waals surface area contributed by atoms with E-state index in [0.717, 1.165) is 18.3 Å². The second kappa shape index (κ2) is 7.02. The van der Waals surface area contributed by atoms with E-state index in [1.165, 1.54) is 38.5 Å². The van der Waals surface area contributed by atoms with Crippen molar-refractivity contribution in [1.82, 2.24) is 4.57 Å². The van der Waals surface area contributed by atoms with Crippen LogP contribution in [0.4, 0.5) is 0 Å². The van der Waals surface area contributed by atoms with Gasteiger partial charge in [0.25, 0.3) is 0 Å². The summed E-state index contributed by atoms with van der Waals surface area (Å²) in [5, 5.41) is 0. The van der Waals surface area contributed by atoms with Crippen molar-refractivity contribution in [3.05, 3.63) is 30.0 Å². The zero-order chi connectivity index (χ0) is 16.6. The van der Waals surface area contributed by atoms with Crippen molar-refractivity contribution in [3.8, 4) is 0 Å². The van der Waals surface area contributed by atoms with Gasteiger partial charge >= 0.3 is 148 Å². The number of rotatable bonds is 4. The van der Waals surface area contributed by atoms with Crippen LogP contribution in [0.15, 0.2) is 30.0 Å². The average molecular weight is 418 g/mol. The SMILES string of the molecule is CC(C)/C(B1C2CCCC1CCC2)=[C](\n1cccc1)[Sn]([CH3])([CH3])[CH3]. The number of nitrogens with zero attached hydrogens (tertiary/aromatic N) is 1. The molecular weight excluding hydrogens is 384 g/mol. The third-order valence-corrected chi connectivity index (χ3v) is 11.8. The molecule has 1 nitrogen and oxygen atoms in total. The van der Waals surface area contributed by atoms with E-state index in [9.17, 15) is 0 Å². The van der Waals surface area contributed by atoms with Crippen LogP contribution in [0.3, 0.4) is 0 Å². The molecule has 2 bridgehead atoms. The van der Waals surface area contributed by atoms with Crippen LogP contribution in [0.25, 0.3) is 3.71 Å². The molecule has 2 fully saturated rings. The molecule has 0 unspecified atom stereocenters. The van der Waals surface area contributed by atoms with Crippen molar-refractivity contribution in [2.45, 2.75) is 78.8 Å². The molecule has 0 N–H and O–H groups in total. The van der Waals surface area contributed by atoms with Gasteiger partial charge in [-0.15, -0.1) is 0 Å². The van der Waals surface area contributed by atoms with Gasteiger partial charge in [0.1, 0.15) is 0 Å². The van der Waals surface area contributed by atoms with E-state index in [2.05, 4.69) is 57.8 Å². The first kappa shape index (κ1) is 17.7. The zero-order valence-electron chi connectivity index (χ0n) is 15.8. The third kappa shape index (κ3) is 3.62. The predicted octanol–water partition coefficient (Wildman–Crippen LogP) is 6.37. The third-order valence-electron chi connectivity index (χ3n) is 6.14. The van der Waals surface area contributed by atoms with Gasteiger partial charge in [-0.05, 0) is 0 Å². The van der Waals surface area contributed by atoms with Crippen LogP contribution in [0.5, 0.6) is 0 Å². The van der Waals surface area contributed by atoms with E-state index < -0.39 is 18.4 Å². The van der Waals surface area contributed by atoms with Gasteiger partial charge in [0, 0.05) is 0 Å². The molecule has 0 radical (unpaired) electrons. The first-order valence-corrected chi connectivity index (χ1v) is 19.8. The molecule has 0 aliphatic carbocycles. The molecule has 3 heterocycles. The number of aromatic nitrogens is 1. The molecular formula is C20H34BNSn. The summed E-state index contributed by atoms with van der Waals surface area (Å²) in [5.74, 6) is 2.63. The predicted molar refractivity (Wildman–Crippen MR) is 107 cm³/mol. The fraction of sp³-hybridized carbons (Fsp3) is 0.700. The zero-order valence-corrected chi connectivity index (χ0v) is 18.7. The molecule has 3 rings (SSSR count). The Kier molecular flexibility index (Phi) is 5.40. The Morgan fingerprint density at radius 1 is 0.957 bits per heavy atom. The summed E-state index contributed by atoms with van der Waals surface area (Å²) < 4.78 is 4.29. The Morgan fingerprint density at radius 2 is 1.43 bits per heavy atom. The van der Waals surface area contributed by atoms with Crippen LogP contribution >= 0.6 is 0 Å². The van der Waals surface area contributed by atoms with E-state index in [4.69, 9.17) is 0 Å². The van der Waals surface area contributed by atoms with Crippen molar-refractivity contribution < 1.29 is 0 Å². The molecule has 0 atom stereocenters. The summed E-state index contributed by atoms with van der Waals surface area (Å²) in [6, 6.07) is 4.41. The fourth-order valence-electron chi connectivity index (χ4n) is 5.45. The first-order chi connectivity index (χ1) is 10.9. The van der Waals surface area contributed by atoms with Crippen molar-refractivity contribution >= 4 is 28.8 Å². The maximum atomic E-state index is 2.60. The van der Waals surface area contributed by atoms with Crippen molar-refractivity contribution in [2.24, 2.45) is 5.92 Å². The van der Waals surface area contributed by atoms with Gasteiger partial charge in [-0.3, -0.25) is 0 Å². The molecule has 2 saturated heterocycles. The topological polar surface area (TPSA) is 4.93 Å². The van der Waals surface area contributed by atoms with Crippen molar-refractivity contribution in [1.29, 1.82) is 0 Å². The molecule has 1 aromatic heterocycles. The van der Waals surface area contributed by atoms with E-state index in [1.54, 1.807) is 3.71 Å². The molecule has 2 aliphatic rings. The van der Waals surface area contributed by atoms with Crippen LogP contribution in [0.2, 0.25) is 26.5 Å². The summed E-state index contributed by atoms with van der Waals surface area (Å²) in [6.07, 6.45) is 13.5. The molecule has 126 valence electrons. The molecule has 0 aromatic carbocycles. The van der Waals surface area contributed by atoms with Crippen LogP contribution in [-0.2, 0) is 0 Å². The van der Waals surface area contributed by atoms with Crippen LogP contribution < -0.4 is 0 Å². The molecule has 1 aromatic rings. The van der Waals surface area contributed by atoms with Gasteiger partial charge in [-0.1, -0.05) is 0 Å². The molecule has 2 aliphatic heterocycles. The number of fused-ring (bicyclic) bond motifs is 2. The molecule has 0 amide bonds. The first-order valence-electron chi connectivity index (χ1n) is 9.77. The minimum absolute atomic E-state index is 0.689. The number of hydrogen-bond donors (Lipinski definition) is 0. The summed E-state index contributed by atoms with van der Waals surface area (Å²) in [6.45, 7) is 5.80. The van der Waals surface area contributed by atoms with E-state index in [1.807, 2.05) is 5.47 Å². The summed E-state index contributed by atoms with van der Waals surface area (Å²) >= 11 is -2.22. The summed E-state index contributed by atoms with van der Waals surface area (Å²) in [5.41, 5.74) is 1.86. The Morgan fingerprint density at radius 3 is 1.83 bits per heavy atom. The normalized spacial score (nSPS) is 26.4. The maximum absolute atomic E-state index is 2.60. The van der Waals surface area contributed by atoms with Gasteiger partial charge < -0.3 is 0 Å². The van der Waals surface area contributed by atoms with Gasteiger partial charge in [-0.25, -0.2) is 0 Å². The van der Waals surface area contributed by atoms with Gasteiger partial charge in [0.2, 0.25) is 0 Å². The Hall–Kier alpha value is -0.116. The quantitative estimate of drug-likeness (QED) is 0.501. The number of hydrogen-bond acceptors (Lipinski definition) is 0. The Labute approximate surface area is 147 Å². The average Bonchev–Trinajstić information content (AvgIpc) is 2.95. The fourth-order valence-corrected chi connectivity index (χ4v) is 11.9. The van der Waals surface area contributed by atoms with Crippen molar-refractivity contribution in [2.75, 3.05) is 0 Å². The van der Waals surface area contributed by atoms with Gasteiger partial charge in [0.05, 0.1) is 0 Å². The monoisotopic (exact) mass is 419 g/mol. The minimum atomic E-state index is -2.22. The van der Waals surface area contributed by atoms with Crippen molar-refractivity contribution in [3.63, 3.8) is 0 Å².